The van der Waals surface area contributed by atoms with Gasteiger partial charge in [0, 0.05) is 74.1 Å². The Kier molecular flexibility index (Phi) is 24.5. The van der Waals surface area contributed by atoms with Crippen molar-refractivity contribution in [1.82, 2.24) is 19.1 Å². The molecule has 18 heteroatoms. The predicted octanol–water partition coefficient (Wildman–Crippen LogP) is 9.44. The third-order valence-electron chi connectivity index (χ3n) is 12.6. The van der Waals surface area contributed by atoms with E-state index in [1.165, 1.54) is 34.5 Å². The van der Waals surface area contributed by atoms with Gasteiger partial charge in [0.25, 0.3) is 5.91 Å². The van der Waals surface area contributed by atoms with Crippen molar-refractivity contribution in [3.8, 4) is 45.0 Å². The number of hydrogen-bond acceptors (Lipinski definition) is 7. The number of carbonyl (C=O) groups is 2. The summed E-state index contributed by atoms with van der Waals surface area (Å²) in [7, 11) is 0. The molecule has 1 amide bonds. The predicted molar refractivity (Wildman–Crippen MR) is 328 cm³/mol. The minimum absolute atomic E-state index is 0. The molecular weight excluding hydrogens is 1060 g/mol. The van der Waals surface area contributed by atoms with Crippen LogP contribution in [0.2, 0.25) is 0 Å². The molecule has 0 aliphatic carbocycles. The first-order chi connectivity index (χ1) is 40.0. The smallest absolute Gasteiger partial charge is 1.00 e. The zero-order chi connectivity index (χ0) is 57.5. The van der Waals surface area contributed by atoms with Gasteiger partial charge in [-0.05, 0) is 126 Å². The van der Waals surface area contributed by atoms with Crippen molar-refractivity contribution in [3.63, 3.8) is 0 Å². The summed E-state index contributed by atoms with van der Waals surface area (Å²) in [5.41, 5.74) is 32.3. The molecule has 12 aromatic rings. The summed E-state index contributed by atoms with van der Waals surface area (Å²) in [4.78, 5) is 34.2. The fraction of sp³-hybridized carbons (Fsp3) is 0.0909. The molecule has 16 nitrogen and oxygen atoms in total. The van der Waals surface area contributed by atoms with E-state index in [1.807, 2.05) is 144 Å². The van der Waals surface area contributed by atoms with E-state index in [9.17, 15) is 9.59 Å². The van der Waals surface area contributed by atoms with Crippen molar-refractivity contribution in [2.45, 2.75) is 39.3 Å². The maximum absolute atomic E-state index is 12.1. The van der Waals surface area contributed by atoms with Crippen molar-refractivity contribution < 1.29 is 58.2 Å². The number of nitrogens with two attached hydrogens (primary N) is 4. The number of aromatic amines is 2. The third-order valence-corrected chi connectivity index (χ3v) is 12.6. The first-order valence-electron chi connectivity index (χ1n) is 26.3. The van der Waals surface area contributed by atoms with Crippen molar-refractivity contribution in [1.29, 1.82) is 5.41 Å². The Morgan fingerprint density at radius 2 is 0.905 bits per heavy atom. The molecule has 0 unspecified atom stereocenters. The second-order valence-electron chi connectivity index (χ2n) is 18.4. The number of furan rings is 4. The van der Waals surface area contributed by atoms with E-state index in [0.717, 1.165) is 70.6 Å². The number of rotatable bonds is 15. The number of nitrogens with zero attached hydrogens (tertiary/aromatic N) is 3. The Balaban J connectivity index is 0.000000202. The summed E-state index contributed by atoms with van der Waals surface area (Å²) in [6.45, 7) is 3.20. The quantitative estimate of drug-likeness (QED) is 0.0221. The van der Waals surface area contributed by atoms with Crippen LogP contribution in [0.1, 0.15) is 59.0 Å². The second-order valence-corrected chi connectivity index (χ2v) is 18.4. The van der Waals surface area contributed by atoms with Crippen LogP contribution in [0.15, 0.2) is 266 Å². The van der Waals surface area contributed by atoms with Gasteiger partial charge in [-0.2, -0.15) is 4.99 Å². The number of H-pyrrole nitrogens is 2. The molecule has 8 aromatic heterocycles. The minimum atomic E-state index is -0.399. The van der Waals surface area contributed by atoms with Crippen LogP contribution < -0.4 is 52.5 Å². The van der Waals surface area contributed by atoms with Gasteiger partial charge >= 0.3 is 29.6 Å². The molecule has 8 heterocycles. The zero-order valence-corrected chi connectivity index (χ0v) is 48.8. The van der Waals surface area contributed by atoms with Crippen LogP contribution in [0.3, 0.4) is 0 Å². The summed E-state index contributed by atoms with van der Waals surface area (Å²) < 4.78 is 25.5. The summed E-state index contributed by atoms with van der Waals surface area (Å²) in [5, 5.41) is 6.06. The number of benzene rings is 4. The van der Waals surface area contributed by atoms with Crippen LogP contribution >= 0.6 is 0 Å². The van der Waals surface area contributed by atoms with E-state index in [2.05, 4.69) is 98.6 Å². The molecule has 0 aliphatic rings. The van der Waals surface area contributed by atoms with Crippen LogP contribution in [0.25, 0.3) is 45.0 Å². The number of amides is 1. The van der Waals surface area contributed by atoms with Gasteiger partial charge in [-0.3, -0.25) is 15.0 Å². The molecular formula is C66H65BN10NaO6. The Labute approximate surface area is 513 Å². The molecule has 0 saturated heterocycles. The summed E-state index contributed by atoms with van der Waals surface area (Å²) in [5.74, 6) is 2.05. The maximum Gasteiger partial charge on any atom is 1.00 e. The number of ketones is 1. The Morgan fingerprint density at radius 1 is 0.488 bits per heavy atom. The molecule has 0 aliphatic heterocycles. The van der Waals surface area contributed by atoms with E-state index in [0.29, 0.717) is 17.9 Å². The number of guanidine groups is 2. The van der Waals surface area contributed by atoms with Crippen LogP contribution in [-0.2, 0) is 37.1 Å². The fourth-order valence-corrected chi connectivity index (χ4v) is 8.89. The van der Waals surface area contributed by atoms with E-state index in [1.54, 1.807) is 37.0 Å². The number of carbonyl (C=O) groups excluding carboxylic acids is 2. The third kappa shape index (κ3) is 18.6. The van der Waals surface area contributed by atoms with E-state index < -0.39 is 5.91 Å². The molecule has 84 heavy (non-hydrogen) atoms. The summed E-state index contributed by atoms with van der Waals surface area (Å²) in [6.07, 6.45) is 8.78. The number of nitrogens with one attached hydrogen (secondary N) is 3. The topological polar surface area (TPSA) is 268 Å². The molecule has 0 atom stereocenters. The van der Waals surface area contributed by atoms with Crippen LogP contribution in [0.5, 0.6) is 0 Å². The van der Waals surface area contributed by atoms with Crippen molar-refractivity contribution in [3.05, 3.63) is 289 Å². The van der Waals surface area contributed by atoms with Crippen LogP contribution in [0.4, 0.5) is 0 Å². The van der Waals surface area contributed by atoms with Gasteiger partial charge in [0.05, 0.1) is 30.7 Å². The van der Waals surface area contributed by atoms with Gasteiger partial charge in [-0.1, -0.05) is 121 Å². The van der Waals surface area contributed by atoms with Gasteiger partial charge in [0.2, 0.25) is 5.78 Å². The molecule has 11 N–H and O–H groups in total. The molecule has 3 radical (unpaired) electrons. The number of aliphatic imine (C=N–C) groups is 1. The molecule has 0 bridgehead atoms. The normalized spacial score (nSPS) is 10.1. The van der Waals surface area contributed by atoms with Gasteiger partial charge in [-0.25, -0.2) is 0 Å². The number of hydrogen-bond donors (Lipinski definition) is 7. The molecule has 0 fully saturated rings. The molecule has 419 valence electrons. The molecule has 12 rings (SSSR count). The van der Waals surface area contributed by atoms with Gasteiger partial charge in [0.1, 0.15) is 23.8 Å². The standard InChI is InChI=1S/C18H18N4O2.C17H17NO.C15H11NO2.C15H13NO.CH5N3.B.Na.H/c19-18(20)21-17(23)12-22-14(11-15-7-4-10-24-15)8-9-16(22)13-5-2-1-3-6-13;1-2-18-15(13-16-9-6-12-19-16)10-11-17(18)14-7-4-3-5-8-14;17-15(14-7-4-10-18-14)13-9-8-12(16-13)11-5-2-1-3-6-11;1-2-5-12(6-3-1)15-9-8-13(16-15)11-14-7-4-10-17-14;2-1(3)4;;;/h1-10H,11-12H2,(H4,19,20,21,23);3-12H,2,13H2,1H3;1-10,16H;1-10,16H,11H2;(H5,2,3,4);;;/q;;;;;;+1;-1. The van der Waals surface area contributed by atoms with Crippen molar-refractivity contribution >= 4 is 32.0 Å². The van der Waals surface area contributed by atoms with E-state index in [4.69, 9.17) is 34.5 Å². The average molecular weight is 1130 g/mol. The average Bonchev–Trinajstić information content (AvgIpc) is 4.42. The van der Waals surface area contributed by atoms with Crippen molar-refractivity contribution in [2.24, 2.45) is 27.9 Å². The van der Waals surface area contributed by atoms with E-state index >= 15 is 0 Å². The van der Waals surface area contributed by atoms with Gasteiger partial charge < -0.3 is 61.1 Å². The Hall–Kier alpha value is -9.94. The monoisotopic (exact) mass is 1130 g/mol. The van der Waals surface area contributed by atoms with E-state index in [-0.39, 0.29) is 63.6 Å². The SMILES string of the molecule is CCn1c(Cc2ccco2)ccc1-c1ccccc1.N=C(N)N.NC(N)=NC(=O)Cn1c(Cc2ccco2)ccc1-c1ccccc1.O=C(c1ccc(-c2ccccc2)[nH]1)c1ccco1.[B].[H-].[Na+].c1ccc(-c2ccc(Cc3ccco3)[nH]2)cc1. The largest absolute Gasteiger partial charge is 1.00 e. The summed E-state index contributed by atoms with van der Waals surface area (Å²) >= 11 is 0. The van der Waals surface area contributed by atoms with Crippen molar-refractivity contribution in [2.75, 3.05) is 0 Å². The second kappa shape index (κ2) is 32.5. The van der Waals surface area contributed by atoms with Crippen LogP contribution in [-0.4, -0.2) is 51.1 Å². The van der Waals surface area contributed by atoms with Crippen LogP contribution in [0, 0.1) is 5.41 Å². The van der Waals surface area contributed by atoms with Gasteiger partial charge in [-0.15, -0.1) is 0 Å². The first-order valence-corrected chi connectivity index (χ1v) is 26.3. The molecule has 4 aromatic carbocycles. The summed E-state index contributed by atoms with van der Waals surface area (Å²) in [6, 6.07) is 71.7. The zero-order valence-electron chi connectivity index (χ0n) is 47.8. The maximum atomic E-state index is 12.1. The Bertz CT molecular complexity index is 3830. The molecule has 0 spiro atoms. The minimum Gasteiger partial charge on any atom is -1.00 e. The Morgan fingerprint density at radius 3 is 1.35 bits per heavy atom. The first kappa shape index (κ1) is 63.3. The fourth-order valence-electron chi connectivity index (χ4n) is 8.89. The number of aromatic nitrogens is 4. The molecule has 0 saturated carbocycles. The van der Waals surface area contributed by atoms with Gasteiger partial charge in [0.15, 0.2) is 17.7 Å².